The molecule has 2 aromatic carbocycles. The molecule has 0 amide bonds. The molecule has 0 saturated carbocycles. The van der Waals surface area contributed by atoms with Crippen LogP contribution in [0.5, 0.6) is 5.75 Å². The number of hydrogen-bond donors (Lipinski definition) is 0. The maximum absolute atomic E-state index is 11.8. The van der Waals surface area contributed by atoms with Gasteiger partial charge in [-0.05, 0) is 42.7 Å². The summed E-state index contributed by atoms with van der Waals surface area (Å²) in [6, 6.07) is 17.3. The fourth-order valence-electron chi connectivity index (χ4n) is 4.53. The zero-order valence-corrected chi connectivity index (χ0v) is 29.2. The first-order valence-corrected chi connectivity index (χ1v) is 17.8. The van der Waals surface area contributed by atoms with Crippen LogP contribution in [0.25, 0.3) is 0 Å². The molecule has 0 heterocycles. The minimum atomic E-state index is -0.352. The second-order valence-corrected chi connectivity index (χ2v) is 11.2. The van der Waals surface area contributed by atoms with Crippen LogP contribution in [-0.2, 0) is 44.3 Å². The molecule has 48 heavy (non-hydrogen) atoms. The Labute approximate surface area is 288 Å². The lowest BCUT2D eigenvalue weighted by atomic mass is 10.0. The van der Waals surface area contributed by atoms with Crippen molar-refractivity contribution in [3.05, 3.63) is 65.7 Å². The molecule has 10 heteroatoms. The first kappa shape index (κ1) is 41.6. The number of carbonyl (C=O) groups excluding carboxylic acids is 1. The van der Waals surface area contributed by atoms with Gasteiger partial charge in [0, 0.05) is 0 Å². The summed E-state index contributed by atoms with van der Waals surface area (Å²) in [4.78, 5) is 11.8. The van der Waals surface area contributed by atoms with Crippen molar-refractivity contribution in [3.8, 4) is 5.75 Å². The van der Waals surface area contributed by atoms with E-state index in [2.05, 4.69) is 31.2 Å². The zero-order chi connectivity index (χ0) is 34.0. The molecule has 10 nitrogen and oxygen atoms in total. The largest absolute Gasteiger partial charge is 0.491 e. The molecule has 2 rings (SSSR count). The van der Waals surface area contributed by atoms with E-state index in [1.807, 2.05) is 6.07 Å². The predicted octanol–water partition coefficient (Wildman–Crippen LogP) is 6.33. The summed E-state index contributed by atoms with van der Waals surface area (Å²) in [5.41, 5.74) is 1.91. The number of unbranched alkanes of at least 4 members (excludes halogenated alkanes) is 6. The van der Waals surface area contributed by atoms with E-state index in [-0.39, 0.29) is 12.6 Å². The number of esters is 1. The molecule has 0 aliphatic heterocycles. The van der Waals surface area contributed by atoms with E-state index in [9.17, 15) is 4.79 Å². The third-order valence-electron chi connectivity index (χ3n) is 7.19. The van der Waals surface area contributed by atoms with Crippen LogP contribution in [0.4, 0.5) is 0 Å². The number of carbonyl (C=O) groups is 1. The summed E-state index contributed by atoms with van der Waals surface area (Å²) in [6.07, 6.45) is 10.5. The van der Waals surface area contributed by atoms with Gasteiger partial charge >= 0.3 is 5.97 Å². The lowest BCUT2D eigenvalue weighted by Gasteiger charge is -2.09. The van der Waals surface area contributed by atoms with E-state index in [1.165, 1.54) is 50.5 Å². The highest BCUT2D eigenvalue weighted by molar-refractivity contribution is 5.89. The van der Waals surface area contributed by atoms with Crippen LogP contribution < -0.4 is 4.74 Å². The topological polar surface area (TPSA) is 100 Å². The summed E-state index contributed by atoms with van der Waals surface area (Å²) < 4.78 is 49.4. The first-order chi connectivity index (χ1) is 23.8. The minimum absolute atomic E-state index is 0.206. The van der Waals surface area contributed by atoms with Gasteiger partial charge < -0.3 is 42.6 Å². The Balaban J connectivity index is 1.21. The lowest BCUT2D eigenvalue weighted by molar-refractivity contribution is -0.0228. The predicted molar refractivity (Wildman–Crippen MR) is 186 cm³/mol. The Bertz CT molecular complexity index is 973. The van der Waals surface area contributed by atoms with Crippen molar-refractivity contribution in [2.75, 3.05) is 106 Å². The molecule has 0 N–H and O–H groups in total. The van der Waals surface area contributed by atoms with Crippen molar-refractivity contribution in [1.82, 2.24) is 0 Å². The summed E-state index contributed by atoms with van der Waals surface area (Å²) in [5.74, 6) is 0.531. The van der Waals surface area contributed by atoms with Gasteiger partial charge in [-0.1, -0.05) is 75.8 Å². The van der Waals surface area contributed by atoms with E-state index in [0.717, 1.165) is 12.2 Å². The maximum atomic E-state index is 11.8. The second kappa shape index (κ2) is 31.7. The molecule has 0 aromatic heterocycles. The SMILES string of the molecule is CCCCCCCCCc1ccc(OCCOCCOCCOCCOCCOCCOCCOCCOC(=O)c2ccccc2)cc1. The molecule has 0 saturated heterocycles. The monoisotopic (exact) mass is 676 g/mol. The Kier molecular flexibility index (Phi) is 27.5. The third kappa shape index (κ3) is 24.6. The van der Waals surface area contributed by atoms with Crippen molar-refractivity contribution in [2.24, 2.45) is 0 Å². The van der Waals surface area contributed by atoms with Gasteiger partial charge in [-0.25, -0.2) is 4.79 Å². The summed E-state index contributed by atoms with van der Waals surface area (Å²) in [6.45, 7) is 9.74. The van der Waals surface area contributed by atoms with Gasteiger partial charge in [-0.2, -0.15) is 0 Å². The van der Waals surface area contributed by atoms with Crippen molar-refractivity contribution in [2.45, 2.75) is 58.3 Å². The number of aryl methyl sites for hydroxylation is 1. The molecule has 0 radical (unpaired) electrons. The molecule has 272 valence electrons. The van der Waals surface area contributed by atoms with Crippen LogP contribution in [0, 0.1) is 0 Å². The minimum Gasteiger partial charge on any atom is -0.491 e. The summed E-state index contributed by atoms with van der Waals surface area (Å²) in [7, 11) is 0. The van der Waals surface area contributed by atoms with Gasteiger partial charge in [0.2, 0.25) is 0 Å². The van der Waals surface area contributed by atoms with E-state index in [0.29, 0.717) is 105 Å². The van der Waals surface area contributed by atoms with Crippen molar-refractivity contribution < 1.29 is 47.4 Å². The van der Waals surface area contributed by atoms with Crippen molar-refractivity contribution in [3.63, 3.8) is 0 Å². The normalized spacial score (nSPS) is 11.2. The molecular weight excluding hydrogens is 616 g/mol. The van der Waals surface area contributed by atoms with Gasteiger partial charge in [0.15, 0.2) is 0 Å². The molecule has 0 aliphatic carbocycles. The third-order valence-corrected chi connectivity index (χ3v) is 7.19. The maximum Gasteiger partial charge on any atom is 0.338 e. The number of rotatable bonds is 34. The Morgan fingerprint density at radius 1 is 0.458 bits per heavy atom. The fourth-order valence-corrected chi connectivity index (χ4v) is 4.53. The Morgan fingerprint density at radius 2 is 0.875 bits per heavy atom. The molecule has 0 spiro atoms. The standard InChI is InChI=1S/C38H60O10/c1-2-3-4-5-6-7-9-12-35-15-17-37(18-16-35)47-33-31-45-29-27-43-25-23-41-21-19-40-20-22-42-24-26-44-28-30-46-32-34-48-38(39)36-13-10-8-11-14-36/h8,10-11,13-18H,2-7,9,12,19-34H2,1H3. The average molecular weight is 677 g/mol. The van der Waals surface area contributed by atoms with Crippen LogP contribution in [0.2, 0.25) is 0 Å². The highest BCUT2D eigenvalue weighted by Crippen LogP contribution is 2.15. The summed E-state index contributed by atoms with van der Waals surface area (Å²) >= 11 is 0. The average Bonchev–Trinajstić information content (AvgIpc) is 3.12. The van der Waals surface area contributed by atoms with Crippen LogP contribution in [-0.4, -0.2) is 112 Å². The van der Waals surface area contributed by atoms with Gasteiger partial charge in [0.05, 0.1) is 98.1 Å². The molecule has 0 bridgehead atoms. The van der Waals surface area contributed by atoms with Crippen LogP contribution in [0.1, 0.15) is 67.8 Å². The summed E-state index contributed by atoms with van der Waals surface area (Å²) in [5, 5.41) is 0. The Morgan fingerprint density at radius 3 is 1.35 bits per heavy atom. The smallest absolute Gasteiger partial charge is 0.338 e. The molecule has 0 atom stereocenters. The molecular formula is C38H60O10. The second-order valence-electron chi connectivity index (χ2n) is 11.2. The Hall–Kier alpha value is -2.57. The van der Waals surface area contributed by atoms with Crippen molar-refractivity contribution >= 4 is 5.97 Å². The van der Waals surface area contributed by atoms with Gasteiger partial charge in [0.25, 0.3) is 0 Å². The van der Waals surface area contributed by atoms with Gasteiger partial charge in [-0.15, -0.1) is 0 Å². The van der Waals surface area contributed by atoms with Crippen LogP contribution in [0.15, 0.2) is 54.6 Å². The number of ether oxygens (including phenoxy) is 9. The molecule has 0 aliphatic rings. The van der Waals surface area contributed by atoms with E-state index in [4.69, 9.17) is 42.6 Å². The molecule has 0 fully saturated rings. The fraction of sp³-hybridized carbons (Fsp3) is 0.658. The zero-order valence-electron chi connectivity index (χ0n) is 29.2. The van der Waals surface area contributed by atoms with E-state index in [1.54, 1.807) is 24.3 Å². The van der Waals surface area contributed by atoms with Crippen LogP contribution in [0.3, 0.4) is 0 Å². The highest BCUT2D eigenvalue weighted by Gasteiger charge is 2.05. The first-order valence-electron chi connectivity index (χ1n) is 17.8. The van der Waals surface area contributed by atoms with Gasteiger partial charge in [-0.3, -0.25) is 0 Å². The molecule has 0 unspecified atom stereocenters. The van der Waals surface area contributed by atoms with E-state index >= 15 is 0 Å². The lowest BCUT2D eigenvalue weighted by Crippen LogP contribution is -2.15. The van der Waals surface area contributed by atoms with E-state index < -0.39 is 0 Å². The number of benzene rings is 2. The quantitative estimate of drug-likeness (QED) is 0.0618. The van der Waals surface area contributed by atoms with Crippen LogP contribution >= 0.6 is 0 Å². The van der Waals surface area contributed by atoms with Gasteiger partial charge in [0.1, 0.15) is 19.0 Å². The number of hydrogen-bond acceptors (Lipinski definition) is 10. The highest BCUT2D eigenvalue weighted by atomic mass is 16.6. The molecule has 2 aromatic rings. The van der Waals surface area contributed by atoms with Crippen molar-refractivity contribution in [1.29, 1.82) is 0 Å².